The number of aliphatic carboxylic acids is 1. The van der Waals surface area contributed by atoms with Crippen LogP contribution in [0, 0.1) is 0 Å². The van der Waals surface area contributed by atoms with Crippen molar-refractivity contribution >= 4 is 18.1 Å². The van der Waals surface area contributed by atoms with Gasteiger partial charge >= 0.3 is 63.5 Å². The second-order valence-corrected chi connectivity index (χ2v) is 1.84. The third-order valence-electron chi connectivity index (χ3n) is 0.949. The Morgan fingerprint density at radius 2 is 1.93 bits per heavy atom. The van der Waals surface area contributed by atoms with Gasteiger partial charge in [-0.2, -0.15) is 0 Å². The molecule has 1 N–H and O–H groups in total. The predicted octanol–water partition coefficient (Wildman–Crippen LogP) is -4.63. The molecule has 8 heteroatoms. The van der Waals surface area contributed by atoms with Crippen LogP contribution in [-0.4, -0.2) is 35.9 Å². The first-order valence-corrected chi connectivity index (χ1v) is 3.26. The van der Waals surface area contributed by atoms with E-state index in [-0.39, 0.29) is 58.0 Å². The summed E-state index contributed by atoms with van der Waals surface area (Å²) in [6.07, 6.45) is -3.89. The first kappa shape index (κ1) is 16.4. The molecule has 0 aromatic heterocycles. The van der Waals surface area contributed by atoms with Crippen LogP contribution in [0.25, 0.3) is 0 Å². The van der Waals surface area contributed by atoms with Crippen molar-refractivity contribution in [2.45, 2.75) is 13.0 Å². The molecule has 0 spiro atoms. The number of rotatable bonds is 4. The van der Waals surface area contributed by atoms with E-state index in [4.69, 9.17) is 5.11 Å². The quantitative estimate of drug-likeness (QED) is 0.293. The third-order valence-corrected chi connectivity index (χ3v) is 0.949. The Hall–Kier alpha value is 0.00636. The number of carboxylic acid groups (broad SMARTS) is 2. The summed E-state index contributed by atoms with van der Waals surface area (Å²) in [5.41, 5.74) is 0. The molecule has 0 heterocycles. The fourth-order valence-corrected chi connectivity index (χ4v) is 0.539. The molecule has 0 aliphatic heterocycles. The predicted molar refractivity (Wildman–Crippen MR) is 34.5 cm³/mol. The monoisotopic (exact) mass is 230 g/mol. The number of carbonyl (C=O) groups excluding carboxylic acids is 2. The van der Waals surface area contributed by atoms with Gasteiger partial charge in [0.05, 0.1) is 5.97 Å². The van der Waals surface area contributed by atoms with Gasteiger partial charge in [0.25, 0.3) is 0 Å². The molecule has 0 aromatic rings. The topological polar surface area (TPSA) is 113 Å². The van der Waals surface area contributed by atoms with Crippen LogP contribution in [0.1, 0.15) is 6.92 Å². The van der Waals surface area contributed by atoms with Crippen molar-refractivity contribution in [2.24, 2.45) is 0 Å². The SMILES string of the molecule is CCOC(C(=O)[O-])C(=O)OC(=O)O.[K+]. The minimum absolute atomic E-state index is 0. The standard InChI is InChI=1S/C6H8O7.K/c1-2-12-3(4(7)8)5(9)13-6(10)11;/h3H,2H2,1H3,(H,7,8)(H,10,11);/q;+1/p-1. The summed E-state index contributed by atoms with van der Waals surface area (Å²) in [7, 11) is 0. The molecule has 0 radical (unpaired) electrons. The molecule has 0 aromatic carbocycles. The van der Waals surface area contributed by atoms with Gasteiger partial charge in [-0.05, 0) is 6.92 Å². The van der Waals surface area contributed by atoms with Gasteiger partial charge in [-0.15, -0.1) is 0 Å². The Morgan fingerprint density at radius 3 is 2.21 bits per heavy atom. The second kappa shape index (κ2) is 8.33. The van der Waals surface area contributed by atoms with E-state index in [9.17, 15) is 19.5 Å². The van der Waals surface area contributed by atoms with Crippen LogP contribution in [0.3, 0.4) is 0 Å². The van der Waals surface area contributed by atoms with Crippen molar-refractivity contribution < 1.29 is 85.5 Å². The molecular formula is C6H7KO7. The van der Waals surface area contributed by atoms with Gasteiger partial charge in [0, 0.05) is 6.61 Å². The van der Waals surface area contributed by atoms with Gasteiger partial charge < -0.3 is 24.5 Å². The summed E-state index contributed by atoms with van der Waals surface area (Å²) in [5, 5.41) is 18.2. The molecule has 0 saturated heterocycles. The van der Waals surface area contributed by atoms with Crippen LogP contribution in [0.5, 0.6) is 0 Å². The van der Waals surface area contributed by atoms with Crippen LogP contribution in [-0.2, 0) is 19.1 Å². The Kier molecular flexibility index (Phi) is 9.77. The fraction of sp³-hybridized carbons (Fsp3) is 0.500. The molecule has 0 rings (SSSR count). The van der Waals surface area contributed by atoms with Gasteiger partial charge in [-0.3, -0.25) is 0 Å². The zero-order valence-electron chi connectivity index (χ0n) is 7.68. The number of carboxylic acids is 1. The van der Waals surface area contributed by atoms with Gasteiger partial charge in [-0.25, -0.2) is 9.59 Å². The van der Waals surface area contributed by atoms with E-state index in [1.807, 2.05) is 0 Å². The maximum atomic E-state index is 10.6. The van der Waals surface area contributed by atoms with E-state index in [0.717, 1.165) is 0 Å². The first-order valence-electron chi connectivity index (χ1n) is 3.26. The summed E-state index contributed by atoms with van der Waals surface area (Å²) in [5.74, 6) is -3.36. The smallest absolute Gasteiger partial charge is 0.547 e. The molecule has 74 valence electrons. The Labute approximate surface area is 122 Å². The van der Waals surface area contributed by atoms with Crippen molar-refractivity contribution in [3.05, 3.63) is 0 Å². The summed E-state index contributed by atoms with van der Waals surface area (Å²) < 4.78 is 7.92. The van der Waals surface area contributed by atoms with E-state index in [2.05, 4.69) is 9.47 Å². The van der Waals surface area contributed by atoms with Crippen LogP contribution in [0.4, 0.5) is 4.79 Å². The molecule has 0 amide bonds. The van der Waals surface area contributed by atoms with Gasteiger partial charge in [0.2, 0.25) is 0 Å². The average molecular weight is 230 g/mol. The second-order valence-electron chi connectivity index (χ2n) is 1.84. The van der Waals surface area contributed by atoms with Gasteiger partial charge in [0.1, 0.15) is 0 Å². The zero-order valence-corrected chi connectivity index (χ0v) is 10.8. The van der Waals surface area contributed by atoms with Crippen molar-refractivity contribution in [1.82, 2.24) is 0 Å². The Balaban J connectivity index is 0. The summed E-state index contributed by atoms with van der Waals surface area (Å²) in [6.45, 7) is 1.36. The average Bonchev–Trinajstić information content (AvgIpc) is 1.97. The molecule has 0 fully saturated rings. The summed E-state index contributed by atoms with van der Waals surface area (Å²) >= 11 is 0. The number of hydrogen-bond acceptors (Lipinski definition) is 6. The van der Waals surface area contributed by atoms with E-state index < -0.39 is 24.2 Å². The van der Waals surface area contributed by atoms with E-state index in [1.54, 1.807) is 0 Å². The molecule has 7 nitrogen and oxygen atoms in total. The number of ether oxygens (including phenoxy) is 2. The van der Waals surface area contributed by atoms with Crippen LogP contribution in [0.15, 0.2) is 0 Å². The van der Waals surface area contributed by atoms with Gasteiger partial charge in [0.15, 0.2) is 6.10 Å². The molecule has 1 atom stereocenters. The molecule has 14 heavy (non-hydrogen) atoms. The molecule has 1 unspecified atom stereocenters. The molecule has 0 saturated carbocycles. The zero-order chi connectivity index (χ0) is 10.4. The maximum Gasteiger partial charge on any atom is 1.00 e. The third kappa shape index (κ3) is 6.46. The van der Waals surface area contributed by atoms with Gasteiger partial charge in [-0.1, -0.05) is 0 Å². The number of esters is 1. The largest absolute Gasteiger partial charge is 1.00 e. The van der Waals surface area contributed by atoms with Crippen molar-refractivity contribution in [1.29, 1.82) is 0 Å². The minimum Gasteiger partial charge on any atom is -0.547 e. The number of carbonyl (C=O) groups is 3. The normalized spacial score (nSPS) is 10.9. The fourth-order valence-electron chi connectivity index (χ4n) is 0.539. The van der Waals surface area contributed by atoms with Crippen LogP contribution < -0.4 is 56.5 Å². The van der Waals surface area contributed by atoms with E-state index in [1.165, 1.54) is 6.92 Å². The Bertz CT molecular complexity index is 226. The van der Waals surface area contributed by atoms with Crippen LogP contribution in [0.2, 0.25) is 0 Å². The molecule has 0 bridgehead atoms. The van der Waals surface area contributed by atoms with Crippen molar-refractivity contribution in [3.8, 4) is 0 Å². The number of hydrogen-bond donors (Lipinski definition) is 1. The first-order chi connectivity index (χ1) is 5.99. The minimum atomic E-state index is -2.00. The maximum absolute atomic E-state index is 10.6. The van der Waals surface area contributed by atoms with Crippen molar-refractivity contribution in [3.63, 3.8) is 0 Å². The summed E-state index contributed by atoms with van der Waals surface area (Å²) in [6, 6.07) is 0. The molecular weight excluding hydrogens is 223 g/mol. The van der Waals surface area contributed by atoms with E-state index >= 15 is 0 Å². The van der Waals surface area contributed by atoms with E-state index in [0.29, 0.717) is 0 Å². The van der Waals surface area contributed by atoms with Crippen LogP contribution >= 0.6 is 0 Å². The Morgan fingerprint density at radius 1 is 1.43 bits per heavy atom. The molecule has 0 aliphatic carbocycles. The molecule has 0 aliphatic rings. The summed E-state index contributed by atoms with van der Waals surface area (Å²) in [4.78, 5) is 30.6. The van der Waals surface area contributed by atoms with Crippen molar-refractivity contribution in [2.75, 3.05) is 6.61 Å².